The molecule has 2 amide bonds. The van der Waals surface area contributed by atoms with Gasteiger partial charge in [-0.3, -0.25) is 19.7 Å². The van der Waals surface area contributed by atoms with Crippen molar-refractivity contribution in [3.05, 3.63) is 28.0 Å². The maximum absolute atomic E-state index is 12.3. The van der Waals surface area contributed by atoms with Gasteiger partial charge in [0, 0.05) is 26.7 Å². The van der Waals surface area contributed by atoms with E-state index in [4.69, 9.17) is 4.42 Å². The van der Waals surface area contributed by atoms with Crippen molar-refractivity contribution in [2.75, 3.05) is 26.7 Å². The quantitative estimate of drug-likeness (QED) is 0.561. The van der Waals surface area contributed by atoms with Crippen molar-refractivity contribution >= 4 is 17.7 Å². The Morgan fingerprint density at radius 1 is 1.55 bits per heavy atom. The number of carbonyl (C=O) groups excluding carboxylic acids is 2. The number of nitro groups is 1. The lowest BCUT2D eigenvalue weighted by molar-refractivity contribution is -0.402. The predicted octanol–water partition coefficient (Wildman–Crippen LogP) is -0.652. The molecule has 108 valence electrons. The van der Waals surface area contributed by atoms with Gasteiger partial charge in [0.25, 0.3) is 5.91 Å². The minimum atomic E-state index is -0.717. The molecular weight excluding hydrogens is 268 g/mol. The number of hydrogen-bond donors (Lipinski definition) is 2. The highest BCUT2D eigenvalue weighted by molar-refractivity contribution is 5.96. The van der Waals surface area contributed by atoms with Crippen LogP contribution in [0.5, 0.6) is 0 Å². The minimum absolute atomic E-state index is 0.146. The van der Waals surface area contributed by atoms with E-state index >= 15 is 0 Å². The lowest BCUT2D eigenvalue weighted by atomic mass is 10.1. The summed E-state index contributed by atoms with van der Waals surface area (Å²) in [6, 6.07) is 1.69. The molecule has 0 saturated carbocycles. The molecule has 0 radical (unpaired) electrons. The van der Waals surface area contributed by atoms with E-state index in [0.29, 0.717) is 19.6 Å². The Morgan fingerprint density at radius 2 is 2.30 bits per heavy atom. The average molecular weight is 282 g/mol. The van der Waals surface area contributed by atoms with Gasteiger partial charge in [-0.15, -0.1) is 0 Å². The summed E-state index contributed by atoms with van der Waals surface area (Å²) in [5, 5.41) is 16.0. The van der Waals surface area contributed by atoms with Crippen LogP contribution in [-0.4, -0.2) is 54.4 Å². The number of rotatable bonds is 3. The van der Waals surface area contributed by atoms with Crippen LogP contribution in [0.1, 0.15) is 10.6 Å². The van der Waals surface area contributed by atoms with Crippen molar-refractivity contribution in [3.8, 4) is 0 Å². The molecular formula is C11H14N4O5. The summed E-state index contributed by atoms with van der Waals surface area (Å²) in [6.07, 6.45) is 0. The van der Waals surface area contributed by atoms with Gasteiger partial charge in [0.05, 0.1) is 6.07 Å². The normalized spacial score (nSPS) is 18.6. The van der Waals surface area contributed by atoms with Gasteiger partial charge in [-0.1, -0.05) is 0 Å². The molecule has 9 nitrogen and oxygen atoms in total. The Kier molecular flexibility index (Phi) is 3.99. The highest BCUT2D eigenvalue weighted by Gasteiger charge is 2.33. The number of nitrogens with one attached hydrogen (secondary N) is 2. The lowest BCUT2D eigenvalue weighted by Crippen LogP contribution is -2.59. The zero-order valence-corrected chi connectivity index (χ0v) is 10.8. The van der Waals surface area contributed by atoms with Gasteiger partial charge in [0.15, 0.2) is 5.76 Å². The zero-order chi connectivity index (χ0) is 14.7. The molecule has 0 spiro atoms. The van der Waals surface area contributed by atoms with Gasteiger partial charge in [0.2, 0.25) is 5.91 Å². The third kappa shape index (κ3) is 2.62. The monoisotopic (exact) mass is 282 g/mol. The number of likely N-dealkylation sites (N-methyl/N-ethyl adjacent to an activating group) is 1. The molecule has 20 heavy (non-hydrogen) atoms. The molecule has 1 unspecified atom stereocenters. The maximum Gasteiger partial charge on any atom is 0.433 e. The van der Waals surface area contributed by atoms with Gasteiger partial charge in [0.1, 0.15) is 11.0 Å². The molecule has 2 N–H and O–H groups in total. The molecule has 0 aromatic carbocycles. The van der Waals surface area contributed by atoms with E-state index in [1.807, 2.05) is 0 Å². The van der Waals surface area contributed by atoms with Crippen LogP contribution >= 0.6 is 0 Å². The second kappa shape index (κ2) is 5.70. The maximum atomic E-state index is 12.3. The lowest BCUT2D eigenvalue weighted by Gasteiger charge is -2.34. The van der Waals surface area contributed by atoms with E-state index in [9.17, 15) is 19.7 Å². The minimum Gasteiger partial charge on any atom is -0.395 e. The van der Waals surface area contributed by atoms with E-state index in [1.54, 1.807) is 0 Å². The average Bonchev–Trinajstić information content (AvgIpc) is 2.95. The Labute approximate surface area is 114 Å². The first-order valence-corrected chi connectivity index (χ1v) is 6.02. The van der Waals surface area contributed by atoms with Crippen molar-refractivity contribution < 1.29 is 18.9 Å². The second-order valence-electron chi connectivity index (χ2n) is 4.23. The number of piperazine rings is 1. The van der Waals surface area contributed by atoms with Crippen LogP contribution in [0.25, 0.3) is 0 Å². The highest BCUT2D eigenvalue weighted by atomic mass is 16.6. The molecule has 1 aromatic heterocycles. The number of amides is 2. The van der Waals surface area contributed by atoms with Gasteiger partial charge in [-0.05, 0) is 6.07 Å². The summed E-state index contributed by atoms with van der Waals surface area (Å²) in [5.74, 6) is -1.48. The number of furan rings is 1. The highest BCUT2D eigenvalue weighted by Crippen LogP contribution is 2.18. The number of carbonyl (C=O) groups is 2. The Balaban J connectivity index is 2.20. The molecule has 1 aromatic rings. The van der Waals surface area contributed by atoms with Gasteiger partial charge < -0.3 is 20.0 Å². The fourth-order valence-electron chi connectivity index (χ4n) is 2.03. The molecule has 1 saturated heterocycles. The zero-order valence-electron chi connectivity index (χ0n) is 10.8. The molecule has 9 heteroatoms. The number of hydrogen-bond acceptors (Lipinski definition) is 6. The van der Waals surface area contributed by atoms with E-state index in [1.165, 1.54) is 18.0 Å². The van der Waals surface area contributed by atoms with Gasteiger partial charge >= 0.3 is 5.88 Å². The first-order chi connectivity index (χ1) is 9.54. The van der Waals surface area contributed by atoms with Crippen molar-refractivity contribution in [3.63, 3.8) is 0 Å². The second-order valence-corrected chi connectivity index (χ2v) is 4.23. The van der Waals surface area contributed by atoms with Crippen LogP contribution in [0.2, 0.25) is 0 Å². The Hall–Kier alpha value is -2.42. The molecule has 0 bridgehead atoms. The van der Waals surface area contributed by atoms with Gasteiger partial charge in [-0.25, -0.2) is 0 Å². The van der Waals surface area contributed by atoms with E-state index in [2.05, 4.69) is 10.6 Å². The Morgan fingerprint density at radius 3 is 2.90 bits per heavy atom. The molecule has 1 aliphatic heterocycles. The fourth-order valence-corrected chi connectivity index (χ4v) is 2.03. The van der Waals surface area contributed by atoms with Crippen LogP contribution in [0.3, 0.4) is 0 Å². The van der Waals surface area contributed by atoms with Crippen molar-refractivity contribution in [1.82, 2.24) is 15.5 Å². The van der Waals surface area contributed by atoms with Crippen LogP contribution < -0.4 is 10.6 Å². The summed E-state index contributed by atoms with van der Waals surface area (Å²) >= 11 is 0. The molecule has 1 aliphatic rings. The third-order valence-electron chi connectivity index (χ3n) is 3.04. The molecule has 1 fully saturated rings. The molecule has 0 aliphatic carbocycles. The van der Waals surface area contributed by atoms with E-state index < -0.39 is 22.8 Å². The van der Waals surface area contributed by atoms with Gasteiger partial charge in [-0.2, -0.15) is 0 Å². The first kappa shape index (κ1) is 14.0. The van der Waals surface area contributed by atoms with Crippen molar-refractivity contribution in [2.45, 2.75) is 6.04 Å². The molecule has 2 heterocycles. The standard InChI is InChI=1S/C11H14N4O5/c1-12-10(16)7-6-13-4-5-14(7)11(17)8-2-3-9(20-8)15(18)19/h2-3,7,13H,4-6H2,1H3,(H,12,16). The first-order valence-electron chi connectivity index (χ1n) is 6.02. The summed E-state index contributed by atoms with van der Waals surface area (Å²) in [6.45, 7) is 1.20. The summed E-state index contributed by atoms with van der Waals surface area (Å²) in [4.78, 5) is 35.2. The van der Waals surface area contributed by atoms with Crippen LogP contribution in [0.15, 0.2) is 16.5 Å². The molecule has 1 atom stereocenters. The SMILES string of the molecule is CNC(=O)C1CNCCN1C(=O)c1ccc([N+](=O)[O-])o1. The number of nitrogens with zero attached hydrogens (tertiary/aromatic N) is 2. The third-order valence-corrected chi connectivity index (χ3v) is 3.04. The van der Waals surface area contributed by atoms with Crippen LogP contribution in [0.4, 0.5) is 5.88 Å². The Bertz CT molecular complexity index is 541. The topological polar surface area (TPSA) is 118 Å². The summed E-state index contributed by atoms with van der Waals surface area (Å²) in [7, 11) is 1.48. The van der Waals surface area contributed by atoms with Crippen LogP contribution in [-0.2, 0) is 4.79 Å². The van der Waals surface area contributed by atoms with Crippen molar-refractivity contribution in [1.29, 1.82) is 0 Å². The fraction of sp³-hybridized carbons (Fsp3) is 0.455. The molecule has 2 rings (SSSR count). The van der Waals surface area contributed by atoms with E-state index in [-0.39, 0.29) is 11.7 Å². The predicted molar refractivity (Wildman–Crippen MR) is 67.1 cm³/mol. The van der Waals surface area contributed by atoms with Crippen LogP contribution in [0, 0.1) is 10.1 Å². The van der Waals surface area contributed by atoms with E-state index in [0.717, 1.165) is 6.07 Å². The largest absolute Gasteiger partial charge is 0.433 e. The summed E-state index contributed by atoms with van der Waals surface area (Å²) in [5.41, 5.74) is 0. The summed E-state index contributed by atoms with van der Waals surface area (Å²) < 4.78 is 4.88. The van der Waals surface area contributed by atoms with Crippen molar-refractivity contribution in [2.24, 2.45) is 0 Å². The smallest absolute Gasteiger partial charge is 0.395 e.